The Bertz CT molecular complexity index is 867. The molecule has 4 nitrogen and oxygen atoms in total. The minimum atomic E-state index is -0.379. The first-order valence-electron chi connectivity index (χ1n) is 8.99. The lowest BCUT2D eigenvalue weighted by Gasteiger charge is -2.16. The van der Waals surface area contributed by atoms with Crippen LogP contribution in [0.1, 0.15) is 32.4 Å². The first-order valence-corrected chi connectivity index (χ1v) is 8.99. The lowest BCUT2D eigenvalue weighted by atomic mass is 10.2. The van der Waals surface area contributed by atoms with Crippen LogP contribution in [0.15, 0.2) is 60.8 Å². The number of carbonyl (C=O) groups is 1. The molecule has 1 atom stereocenters. The predicted octanol–water partition coefficient (Wildman–Crippen LogP) is 4.98. The van der Waals surface area contributed by atoms with Crippen molar-refractivity contribution >= 4 is 16.9 Å². The zero-order chi connectivity index (χ0) is 18.5. The number of ether oxygens (including phenoxy) is 2. The Morgan fingerprint density at radius 2 is 1.77 bits per heavy atom. The van der Waals surface area contributed by atoms with Crippen molar-refractivity contribution in [3.8, 4) is 5.75 Å². The van der Waals surface area contributed by atoms with Crippen LogP contribution in [-0.2, 0) is 16.1 Å². The van der Waals surface area contributed by atoms with E-state index in [-0.39, 0.29) is 12.0 Å². The average Bonchev–Trinajstić information content (AvgIpc) is 3.09. The molecule has 0 aliphatic heterocycles. The molecule has 0 bridgehead atoms. The number of nitrogens with zero attached hydrogens (tertiary/aromatic N) is 1. The summed E-state index contributed by atoms with van der Waals surface area (Å²) in [6.07, 6.45) is 1.92. The average molecular weight is 351 g/mol. The largest absolute Gasteiger partial charge is 0.488 e. The van der Waals surface area contributed by atoms with Gasteiger partial charge in [0.15, 0.2) is 0 Å². The zero-order valence-corrected chi connectivity index (χ0v) is 15.5. The molecule has 4 heteroatoms. The van der Waals surface area contributed by atoms with Gasteiger partial charge in [-0.25, -0.2) is 4.79 Å². The van der Waals surface area contributed by atoms with Crippen molar-refractivity contribution in [1.29, 1.82) is 0 Å². The van der Waals surface area contributed by atoms with E-state index in [1.807, 2.05) is 86.1 Å². The van der Waals surface area contributed by atoms with Gasteiger partial charge in [0.2, 0.25) is 0 Å². The Balaban J connectivity index is 1.78. The summed E-state index contributed by atoms with van der Waals surface area (Å²) < 4.78 is 13.3. The highest BCUT2D eigenvalue weighted by atomic mass is 16.5. The van der Waals surface area contributed by atoms with Gasteiger partial charge in [0.25, 0.3) is 0 Å². The second-order valence-corrected chi connectivity index (χ2v) is 6.89. The summed E-state index contributed by atoms with van der Waals surface area (Å²) in [5.41, 5.74) is 2.08. The van der Waals surface area contributed by atoms with E-state index < -0.39 is 0 Å². The monoisotopic (exact) mass is 351 g/mol. The molecule has 0 aliphatic rings. The summed E-state index contributed by atoms with van der Waals surface area (Å²) in [7, 11) is 0. The molecule has 136 valence electrons. The highest BCUT2D eigenvalue weighted by Crippen LogP contribution is 2.29. The number of hydrogen-bond acceptors (Lipinski definition) is 3. The fraction of sp³-hybridized carbons (Fsp3) is 0.318. The van der Waals surface area contributed by atoms with Crippen LogP contribution < -0.4 is 4.74 Å². The number of carbonyl (C=O) groups excluding carboxylic acids is 1. The third-order valence-electron chi connectivity index (χ3n) is 4.28. The minimum Gasteiger partial charge on any atom is -0.488 e. The third-order valence-corrected chi connectivity index (χ3v) is 4.28. The standard InChI is InChI=1S/C22H25NO3/c1-16(2)14-26-22(24)17(3)23-13-12-19-20(23)10-7-11-21(19)25-15-18-8-5-4-6-9-18/h4-13,16-17H,14-15H2,1-3H3. The Hall–Kier alpha value is -2.75. The molecule has 1 aromatic heterocycles. The smallest absolute Gasteiger partial charge is 0.328 e. The van der Waals surface area contributed by atoms with Crippen LogP contribution in [0.2, 0.25) is 0 Å². The SMILES string of the molecule is CC(C)COC(=O)C(C)n1ccc2c(OCc3ccccc3)cccc21. The van der Waals surface area contributed by atoms with Crippen LogP contribution in [-0.4, -0.2) is 17.1 Å². The van der Waals surface area contributed by atoms with Crippen molar-refractivity contribution in [1.82, 2.24) is 4.57 Å². The van der Waals surface area contributed by atoms with Gasteiger partial charge in [-0.15, -0.1) is 0 Å². The maximum atomic E-state index is 12.3. The van der Waals surface area contributed by atoms with Gasteiger partial charge in [0, 0.05) is 11.6 Å². The van der Waals surface area contributed by atoms with Crippen LogP contribution in [0.5, 0.6) is 5.75 Å². The lowest BCUT2D eigenvalue weighted by molar-refractivity contribution is -0.148. The highest BCUT2D eigenvalue weighted by molar-refractivity contribution is 5.88. The van der Waals surface area contributed by atoms with Crippen molar-refractivity contribution in [3.63, 3.8) is 0 Å². The van der Waals surface area contributed by atoms with E-state index in [2.05, 4.69) is 0 Å². The van der Waals surface area contributed by atoms with Gasteiger partial charge in [-0.05, 0) is 36.6 Å². The molecule has 1 heterocycles. The Kier molecular flexibility index (Phi) is 5.61. The number of benzene rings is 2. The maximum Gasteiger partial charge on any atom is 0.328 e. The van der Waals surface area contributed by atoms with Crippen LogP contribution >= 0.6 is 0 Å². The van der Waals surface area contributed by atoms with E-state index in [9.17, 15) is 4.79 Å². The van der Waals surface area contributed by atoms with Crippen LogP contribution in [0, 0.1) is 5.92 Å². The number of fused-ring (bicyclic) bond motifs is 1. The van der Waals surface area contributed by atoms with Crippen LogP contribution in [0.25, 0.3) is 10.9 Å². The van der Waals surface area contributed by atoms with E-state index in [0.29, 0.717) is 19.1 Å². The number of rotatable bonds is 7. The molecule has 0 spiro atoms. The molecular formula is C22H25NO3. The number of hydrogen-bond donors (Lipinski definition) is 0. The normalized spacial score (nSPS) is 12.3. The van der Waals surface area contributed by atoms with Crippen LogP contribution in [0.3, 0.4) is 0 Å². The summed E-state index contributed by atoms with van der Waals surface area (Å²) in [5.74, 6) is 0.921. The molecule has 0 amide bonds. The van der Waals surface area contributed by atoms with Crippen molar-refractivity contribution in [2.75, 3.05) is 6.61 Å². The molecule has 1 unspecified atom stereocenters. The highest BCUT2D eigenvalue weighted by Gasteiger charge is 2.19. The topological polar surface area (TPSA) is 40.5 Å². The predicted molar refractivity (Wildman–Crippen MR) is 103 cm³/mol. The Morgan fingerprint density at radius 3 is 2.50 bits per heavy atom. The van der Waals surface area contributed by atoms with Gasteiger partial charge < -0.3 is 14.0 Å². The Morgan fingerprint density at radius 1 is 1.00 bits per heavy atom. The molecular weight excluding hydrogens is 326 g/mol. The molecule has 0 saturated carbocycles. The van der Waals surface area contributed by atoms with Gasteiger partial charge in [-0.2, -0.15) is 0 Å². The van der Waals surface area contributed by atoms with Crippen molar-refractivity contribution in [2.45, 2.75) is 33.4 Å². The summed E-state index contributed by atoms with van der Waals surface area (Å²) >= 11 is 0. The molecule has 0 fully saturated rings. The van der Waals surface area contributed by atoms with E-state index in [4.69, 9.17) is 9.47 Å². The molecule has 0 saturated heterocycles. The number of aromatic nitrogens is 1. The van der Waals surface area contributed by atoms with E-state index in [0.717, 1.165) is 22.2 Å². The first-order chi connectivity index (χ1) is 12.6. The summed E-state index contributed by atoms with van der Waals surface area (Å²) in [5, 5.41) is 0.993. The second-order valence-electron chi connectivity index (χ2n) is 6.89. The van der Waals surface area contributed by atoms with Crippen molar-refractivity contribution in [3.05, 3.63) is 66.4 Å². The molecule has 26 heavy (non-hydrogen) atoms. The quantitative estimate of drug-likeness (QED) is 0.564. The zero-order valence-electron chi connectivity index (χ0n) is 15.5. The third kappa shape index (κ3) is 4.07. The van der Waals surface area contributed by atoms with Gasteiger partial charge in [0.1, 0.15) is 18.4 Å². The fourth-order valence-corrected chi connectivity index (χ4v) is 2.84. The molecule has 3 aromatic rings. The summed E-state index contributed by atoms with van der Waals surface area (Å²) in [6.45, 7) is 6.86. The van der Waals surface area contributed by atoms with Crippen molar-refractivity contribution in [2.24, 2.45) is 5.92 Å². The van der Waals surface area contributed by atoms with Crippen LogP contribution in [0.4, 0.5) is 0 Å². The molecule has 0 N–H and O–H groups in total. The number of esters is 1. The fourth-order valence-electron chi connectivity index (χ4n) is 2.84. The molecule has 3 rings (SSSR count). The van der Waals surface area contributed by atoms with Gasteiger partial charge in [-0.3, -0.25) is 0 Å². The first kappa shape index (κ1) is 18.1. The van der Waals surface area contributed by atoms with Gasteiger partial charge >= 0.3 is 5.97 Å². The van der Waals surface area contributed by atoms with Gasteiger partial charge in [0.05, 0.1) is 12.1 Å². The van der Waals surface area contributed by atoms with E-state index in [1.54, 1.807) is 0 Å². The van der Waals surface area contributed by atoms with Crippen molar-refractivity contribution < 1.29 is 14.3 Å². The summed E-state index contributed by atoms with van der Waals surface area (Å²) in [4.78, 5) is 12.3. The maximum absolute atomic E-state index is 12.3. The molecule has 0 aliphatic carbocycles. The molecule has 0 radical (unpaired) electrons. The van der Waals surface area contributed by atoms with E-state index in [1.165, 1.54) is 0 Å². The lowest BCUT2D eigenvalue weighted by Crippen LogP contribution is -2.20. The van der Waals surface area contributed by atoms with E-state index >= 15 is 0 Å². The minimum absolute atomic E-state index is 0.216. The molecule has 2 aromatic carbocycles. The second kappa shape index (κ2) is 8.09. The van der Waals surface area contributed by atoms with Gasteiger partial charge in [-0.1, -0.05) is 50.2 Å². The Labute approximate surface area is 154 Å². The summed E-state index contributed by atoms with van der Waals surface area (Å²) in [6, 6.07) is 17.6.